The normalized spacial score (nSPS) is 14.6. The van der Waals surface area contributed by atoms with E-state index in [0.717, 1.165) is 30.7 Å². The Hall–Kier alpha value is -3.46. The minimum atomic E-state index is 0.889. The van der Waals surface area contributed by atoms with Gasteiger partial charge in [-0.1, -0.05) is 24.3 Å². The number of rotatable bonds is 0. The molecule has 7 rings (SSSR count). The quantitative estimate of drug-likeness (QED) is 0.367. The predicted octanol–water partition coefficient (Wildman–Crippen LogP) is 5.33. The Kier molecular flexibility index (Phi) is 2.64. The van der Waals surface area contributed by atoms with Crippen LogP contribution < -0.4 is 4.90 Å². The van der Waals surface area contributed by atoms with Crippen molar-refractivity contribution in [3.05, 3.63) is 101 Å². The molecule has 0 radical (unpaired) electrons. The molecular weight excluding hydrogens is 342 g/mol. The second-order valence-corrected chi connectivity index (χ2v) is 7.85. The van der Waals surface area contributed by atoms with Crippen molar-refractivity contribution >= 4 is 17.1 Å². The average molecular weight is 359 g/mol. The molecule has 1 aliphatic carbocycles. The number of benzene rings is 2. The van der Waals surface area contributed by atoms with Crippen LogP contribution in [0.5, 0.6) is 0 Å². The van der Waals surface area contributed by atoms with Crippen LogP contribution in [0.15, 0.2) is 67.0 Å². The molecule has 4 heterocycles. The summed E-state index contributed by atoms with van der Waals surface area (Å²) in [6.07, 6.45) is 6.63. The van der Waals surface area contributed by atoms with Gasteiger partial charge in [0.25, 0.3) is 0 Å². The van der Waals surface area contributed by atoms with Gasteiger partial charge in [0, 0.05) is 25.2 Å². The molecule has 28 heavy (non-hydrogen) atoms. The molecule has 0 fully saturated rings. The molecule has 3 heteroatoms. The Morgan fingerprint density at radius 2 is 1.39 bits per heavy atom. The van der Waals surface area contributed by atoms with Crippen LogP contribution in [0, 0.1) is 0 Å². The zero-order valence-corrected chi connectivity index (χ0v) is 15.3. The van der Waals surface area contributed by atoms with Crippen molar-refractivity contribution in [3.63, 3.8) is 0 Å². The lowest BCUT2D eigenvalue weighted by Gasteiger charge is -2.39. The molecule has 132 valence electrons. The van der Waals surface area contributed by atoms with Crippen LogP contribution in [0.1, 0.15) is 33.6 Å². The van der Waals surface area contributed by atoms with E-state index < -0.39 is 0 Å². The molecule has 0 atom stereocenters. The molecule has 2 aromatic heterocycles. The standard InChI is InChI=1S/C25H17N3/c1-2-6-17-15(5-1)11-19-18(17)12-16-13-21-23(7-3-9-26-21)28-24-8-4-10-27-22(24)14-20(19)25(16)28/h1-10,12H,11,13-14H2. The lowest BCUT2D eigenvalue weighted by Crippen LogP contribution is -2.26. The Balaban J connectivity index is 1.58. The third-order valence-electron chi connectivity index (χ3n) is 6.41. The van der Waals surface area contributed by atoms with Gasteiger partial charge in [0.15, 0.2) is 0 Å². The van der Waals surface area contributed by atoms with Crippen molar-refractivity contribution in [1.29, 1.82) is 0 Å². The number of nitrogens with zero attached hydrogens (tertiary/aromatic N) is 3. The van der Waals surface area contributed by atoms with Gasteiger partial charge in [-0.25, -0.2) is 0 Å². The van der Waals surface area contributed by atoms with Crippen molar-refractivity contribution in [2.24, 2.45) is 0 Å². The van der Waals surface area contributed by atoms with Gasteiger partial charge >= 0.3 is 0 Å². The van der Waals surface area contributed by atoms with Crippen LogP contribution in [-0.2, 0) is 19.3 Å². The average Bonchev–Trinajstić information content (AvgIpc) is 3.12. The Morgan fingerprint density at radius 3 is 2.21 bits per heavy atom. The van der Waals surface area contributed by atoms with Crippen LogP contribution in [0.3, 0.4) is 0 Å². The minimum absolute atomic E-state index is 0.889. The highest BCUT2D eigenvalue weighted by molar-refractivity contribution is 5.92. The largest absolute Gasteiger partial charge is 0.306 e. The molecule has 0 amide bonds. The molecule has 0 bridgehead atoms. The Morgan fingerprint density at radius 1 is 0.643 bits per heavy atom. The highest BCUT2D eigenvalue weighted by atomic mass is 15.2. The maximum absolute atomic E-state index is 4.76. The molecule has 0 N–H and O–H groups in total. The van der Waals surface area contributed by atoms with Crippen molar-refractivity contribution in [2.75, 3.05) is 4.90 Å². The van der Waals surface area contributed by atoms with Crippen molar-refractivity contribution in [3.8, 4) is 11.1 Å². The summed E-state index contributed by atoms with van der Waals surface area (Å²) < 4.78 is 0. The van der Waals surface area contributed by atoms with Crippen LogP contribution in [-0.4, -0.2) is 9.97 Å². The van der Waals surface area contributed by atoms with Crippen LogP contribution in [0.25, 0.3) is 11.1 Å². The van der Waals surface area contributed by atoms with Gasteiger partial charge < -0.3 is 4.90 Å². The number of hydrogen-bond donors (Lipinski definition) is 0. The summed E-state index contributed by atoms with van der Waals surface area (Å²) in [6, 6.07) is 19.7. The van der Waals surface area contributed by atoms with Crippen molar-refractivity contribution in [2.45, 2.75) is 19.3 Å². The second-order valence-electron chi connectivity index (χ2n) is 7.85. The summed E-state index contributed by atoms with van der Waals surface area (Å²) in [5, 5.41) is 0. The van der Waals surface area contributed by atoms with Gasteiger partial charge in [0.1, 0.15) is 0 Å². The summed E-state index contributed by atoms with van der Waals surface area (Å²) in [5.74, 6) is 0. The van der Waals surface area contributed by atoms with E-state index in [9.17, 15) is 0 Å². The lowest BCUT2D eigenvalue weighted by molar-refractivity contribution is 0.936. The van der Waals surface area contributed by atoms with Gasteiger partial charge in [0.05, 0.1) is 28.5 Å². The zero-order chi connectivity index (χ0) is 18.2. The van der Waals surface area contributed by atoms with E-state index in [-0.39, 0.29) is 0 Å². The van der Waals surface area contributed by atoms with Crippen molar-refractivity contribution in [1.82, 2.24) is 9.97 Å². The van der Waals surface area contributed by atoms with Crippen LogP contribution in [0.2, 0.25) is 0 Å². The van der Waals surface area contributed by atoms with Gasteiger partial charge in [-0.15, -0.1) is 0 Å². The SMILES string of the molecule is c1ccc2c(c1)Cc1c-2cc2c3c1Cc1ncccc1N3c1cccnc1C2. The monoisotopic (exact) mass is 359 g/mol. The fourth-order valence-electron chi connectivity index (χ4n) is 5.26. The molecule has 2 aromatic carbocycles. The third-order valence-corrected chi connectivity index (χ3v) is 6.41. The van der Waals surface area contributed by atoms with Crippen molar-refractivity contribution < 1.29 is 0 Å². The summed E-state index contributed by atoms with van der Waals surface area (Å²) in [6.45, 7) is 0. The molecule has 0 unspecified atom stereocenters. The first kappa shape index (κ1) is 14.6. The molecule has 2 aliphatic heterocycles. The highest BCUT2D eigenvalue weighted by Crippen LogP contribution is 2.53. The maximum Gasteiger partial charge on any atom is 0.0688 e. The maximum atomic E-state index is 4.76. The van der Waals surface area contributed by atoms with E-state index in [4.69, 9.17) is 9.97 Å². The van der Waals surface area contributed by atoms with E-state index in [0.29, 0.717) is 0 Å². The third kappa shape index (κ3) is 1.74. The molecular formula is C25H17N3. The van der Waals surface area contributed by atoms with E-state index in [1.54, 1.807) is 0 Å². The van der Waals surface area contributed by atoms with E-state index >= 15 is 0 Å². The van der Waals surface area contributed by atoms with E-state index in [2.05, 4.69) is 47.4 Å². The lowest BCUT2D eigenvalue weighted by atomic mass is 9.84. The molecule has 3 aliphatic rings. The Labute approximate surface area is 163 Å². The topological polar surface area (TPSA) is 29.0 Å². The fourth-order valence-corrected chi connectivity index (χ4v) is 5.26. The Bertz CT molecular complexity index is 1290. The first-order valence-electron chi connectivity index (χ1n) is 9.82. The molecule has 0 saturated heterocycles. The number of hydrogen-bond acceptors (Lipinski definition) is 3. The van der Waals surface area contributed by atoms with E-state index in [1.165, 1.54) is 50.4 Å². The summed E-state index contributed by atoms with van der Waals surface area (Å²) in [7, 11) is 0. The summed E-state index contributed by atoms with van der Waals surface area (Å²) in [4.78, 5) is 11.9. The minimum Gasteiger partial charge on any atom is -0.306 e. The number of anilines is 3. The van der Waals surface area contributed by atoms with Crippen LogP contribution in [0.4, 0.5) is 17.1 Å². The first-order chi connectivity index (χ1) is 13.9. The van der Waals surface area contributed by atoms with Gasteiger partial charge in [0.2, 0.25) is 0 Å². The summed E-state index contributed by atoms with van der Waals surface area (Å²) in [5.41, 5.74) is 14.6. The van der Waals surface area contributed by atoms with E-state index in [1.807, 2.05) is 24.5 Å². The number of fused-ring (bicyclic) bond motifs is 8. The molecule has 3 nitrogen and oxygen atoms in total. The fraction of sp³-hybridized carbons (Fsp3) is 0.120. The van der Waals surface area contributed by atoms with Gasteiger partial charge in [-0.05, 0) is 70.1 Å². The predicted molar refractivity (Wildman–Crippen MR) is 111 cm³/mol. The molecule has 0 spiro atoms. The van der Waals surface area contributed by atoms with Gasteiger partial charge in [-0.3, -0.25) is 9.97 Å². The zero-order valence-electron chi connectivity index (χ0n) is 15.3. The number of pyridine rings is 2. The highest BCUT2D eigenvalue weighted by Gasteiger charge is 2.36. The first-order valence-corrected chi connectivity index (χ1v) is 9.82. The molecule has 0 saturated carbocycles. The number of aromatic nitrogens is 2. The smallest absolute Gasteiger partial charge is 0.0688 e. The van der Waals surface area contributed by atoms with Crippen LogP contribution >= 0.6 is 0 Å². The second kappa shape index (κ2) is 5.08. The summed E-state index contributed by atoms with van der Waals surface area (Å²) >= 11 is 0. The molecule has 4 aromatic rings. The van der Waals surface area contributed by atoms with Gasteiger partial charge in [-0.2, -0.15) is 0 Å².